The summed E-state index contributed by atoms with van der Waals surface area (Å²) in [6.45, 7) is 5.27. The van der Waals surface area contributed by atoms with Gasteiger partial charge in [-0.3, -0.25) is 15.0 Å². The SMILES string of the molecule is CCC1(C)NC(=O)N(NC(=O)CSc2nc(C)cc(-c3ccccc3)n2)C1=O. The summed E-state index contributed by atoms with van der Waals surface area (Å²) in [5, 5.41) is 3.77. The highest BCUT2D eigenvalue weighted by molar-refractivity contribution is 7.99. The molecule has 8 nitrogen and oxygen atoms in total. The van der Waals surface area contributed by atoms with Gasteiger partial charge in [-0.25, -0.2) is 14.8 Å². The van der Waals surface area contributed by atoms with Crippen LogP contribution in [0.5, 0.6) is 0 Å². The minimum atomic E-state index is -0.998. The predicted octanol–water partition coefficient (Wildman–Crippen LogP) is 2.30. The molecule has 2 aromatic rings. The molecule has 2 heterocycles. The van der Waals surface area contributed by atoms with Gasteiger partial charge < -0.3 is 5.32 Å². The van der Waals surface area contributed by atoms with Crippen molar-refractivity contribution >= 4 is 29.6 Å². The van der Waals surface area contributed by atoms with Crippen LogP contribution in [0.2, 0.25) is 0 Å². The molecule has 3 rings (SSSR count). The van der Waals surface area contributed by atoms with E-state index in [2.05, 4.69) is 20.7 Å². The van der Waals surface area contributed by atoms with E-state index in [0.29, 0.717) is 11.6 Å². The Morgan fingerprint density at radius 3 is 2.61 bits per heavy atom. The summed E-state index contributed by atoms with van der Waals surface area (Å²) in [4.78, 5) is 45.4. The number of benzene rings is 1. The first-order chi connectivity index (χ1) is 13.3. The number of carbonyl (C=O) groups is 3. The van der Waals surface area contributed by atoms with Crippen LogP contribution in [0.3, 0.4) is 0 Å². The van der Waals surface area contributed by atoms with E-state index in [1.165, 1.54) is 0 Å². The van der Waals surface area contributed by atoms with Gasteiger partial charge in [0.2, 0.25) is 5.91 Å². The van der Waals surface area contributed by atoms with Crippen LogP contribution in [-0.2, 0) is 9.59 Å². The highest BCUT2D eigenvalue weighted by Gasteiger charge is 2.47. The predicted molar refractivity (Wildman–Crippen MR) is 105 cm³/mol. The molecular weight excluding hydrogens is 378 g/mol. The molecule has 1 saturated heterocycles. The zero-order valence-corrected chi connectivity index (χ0v) is 16.7. The largest absolute Gasteiger partial charge is 0.344 e. The number of nitrogens with one attached hydrogen (secondary N) is 2. The van der Waals surface area contributed by atoms with Crippen molar-refractivity contribution in [2.45, 2.75) is 37.9 Å². The number of hydrazine groups is 1. The lowest BCUT2D eigenvalue weighted by Gasteiger charge is -2.19. The minimum absolute atomic E-state index is 0.0302. The highest BCUT2D eigenvalue weighted by atomic mass is 32.2. The van der Waals surface area contributed by atoms with Gasteiger partial charge in [-0.1, -0.05) is 49.0 Å². The second kappa shape index (κ2) is 7.97. The fraction of sp³-hybridized carbons (Fsp3) is 0.316. The van der Waals surface area contributed by atoms with Crippen molar-refractivity contribution in [3.8, 4) is 11.3 Å². The number of hydrogen-bond acceptors (Lipinski definition) is 6. The van der Waals surface area contributed by atoms with Gasteiger partial charge in [0.15, 0.2) is 5.16 Å². The molecule has 1 aromatic carbocycles. The molecule has 1 aliphatic heterocycles. The number of imide groups is 1. The van der Waals surface area contributed by atoms with E-state index in [9.17, 15) is 14.4 Å². The first-order valence-corrected chi connectivity index (χ1v) is 9.81. The molecule has 1 atom stereocenters. The Morgan fingerprint density at radius 2 is 1.96 bits per heavy atom. The van der Waals surface area contributed by atoms with E-state index in [0.717, 1.165) is 33.7 Å². The normalized spacial score (nSPS) is 18.9. The van der Waals surface area contributed by atoms with Crippen molar-refractivity contribution in [2.75, 3.05) is 5.75 Å². The summed E-state index contributed by atoms with van der Waals surface area (Å²) in [6.07, 6.45) is 0.429. The van der Waals surface area contributed by atoms with Crippen LogP contribution in [0, 0.1) is 6.92 Å². The topological polar surface area (TPSA) is 104 Å². The smallest absolute Gasteiger partial charge is 0.322 e. The lowest BCUT2D eigenvalue weighted by molar-refractivity contribution is -0.137. The van der Waals surface area contributed by atoms with Gasteiger partial charge in [-0.2, -0.15) is 5.01 Å². The van der Waals surface area contributed by atoms with Crippen LogP contribution >= 0.6 is 11.8 Å². The third kappa shape index (κ3) is 4.14. The number of aromatic nitrogens is 2. The Morgan fingerprint density at radius 1 is 1.25 bits per heavy atom. The number of urea groups is 1. The number of carbonyl (C=O) groups excluding carboxylic acids is 3. The Hall–Kier alpha value is -2.94. The molecule has 9 heteroatoms. The lowest BCUT2D eigenvalue weighted by Crippen LogP contribution is -2.49. The van der Waals surface area contributed by atoms with E-state index in [1.54, 1.807) is 13.8 Å². The summed E-state index contributed by atoms with van der Waals surface area (Å²) < 4.78 is 0. The third-order valence-corrected chi connectivity index (χ3v) is 5.29. The number of amides is 4. The molecule has 1 unspecified atom stereocenters. The number of nitrogens with zero attached hydrogens (tertiary/aromatic N) is 3. The molecule has 146 valence electrons. The van der Waals surface area contributed by atoms with E-state index < -0.39 is 23.4 Å². The van der Waals surface area contributed by atoms with E-state index in [-0.39, 0.29) is 5.75 Å². The van der Waals surface area contributed by atoms with Gasteiger partial charge in [0, 0.05) is 11.3 Å². The number of hydrogen-bond donors (Lipinski definition) is 2. The Balaban J connectivity index is 1.65. The van der Waals surface area contributed by atoms with Crippen LogP contribution in [-0.4, -0.2) is 44.1 Å². The maximum atomic E-state index is 12.3. The summed E-state index contributed by atoms with van der Waals surface area (Å²) >= 11 is 1.14. The van der Waals surface area contributed by atoms with Crippen molar-refractivity contribution in [2.24, 2.45) is 0 Å². The van der Waals surface area contributed by atoms with Crippen LogP contribution in [0.15, 0.2) is 41.6 Å². The van der Waals surface area contributed by atoms with E-state index in [4.69, 9.17) is 0 Å². The van der Waals surface area contributed by atoms with Crippen molar-refractivity contribution in [3.63, 3.8) is 0 Å². The summed E-state index contributed by atoms with van der Waals surface area (Å²) in [7, 11) is 0. The van der Waals surface area contributed by atoms with Crippen LogP contribution < -0.4 is 10.7 Å². The second-order valence-corrected chi connectivity index (χ2v) is 7.57. The maximum absolute atomic E-state index is 12.3. The highest BCUT2D eigenvalue weighted by Crippen LogP contribution is 2.22. The molecule has 4 amide bonds. The van der Waals surface area contributed by atoms with E-state index >= 15 is 0 Å². The molecule has 0 radical (unpaired) electrons. The quantitative estimate of drug-likeness (QED) is 0.439. The van der Waals surface area contributed by atoms with Crippen molar-refractivity contribution in [1.82, 2.24) is 25.7 Å². The lowest BCUT2D eigenvalue weighted by atomic mass is 10.00. The number of aryl methyl sites for hydroxylation is 1. The van der Waals surface area contributed by atoms with Gasteiger partial charge in [-0.15, -0.1) is 0 Å². The molecule has 0 aliphatic carbocycles. The van der Waals surface area contributed by atoms with Gasteiger partial charge in [0.1, 0.15) is 5.54 Å². The molecule has 1 aliphatic rings. The Bertz CT molecular complexity index is 921. The van der Waals surface area contributed by atoms with E-state index in [1.807, 2.05) is 43.3 Å². The second-order valence-electron chi connectivity index (χ2n) is 6.62. The molecule has 0 spiro atoms. The maximum Gasteiger partial charge on any atom is 0.344 e. The third-order valence-electron chi connectivity index (χ3n) is 4.44. The average Bonchev–Trinajstić information content (AvgIpc) is 2.90. The molecule has 0 bridgehead atoms. The fourth-order valence-corrected chi connectivity index (χ4v) is 3.37. The molecule has 28 heavy (non-hydrogen) atoms. The molecule has 0 saturated carbocycles. The minimum Gasteiger partial charge on any atom is -0.322 e. The van der Waals surface area contributed by atoms with Crippen molar-refractivity contribution in [1.29, 1.82) is 0 Å². The first-order valence-electron chi connectivity index (χ1n) is 8.82. The van der Waals surface area contributed by atoms with Gasteiger partial charge in [0.05, 0.1) is 11.4 Å². The number of rotatable bonds is 6. The Labute approximate surface area is 167 Å². The number of thioether (sulfide) groups is 1. The van der Waals surface area contributed by atoms with Gasteiger partial charge in [-0.05, 0) is 26.3 Å². The molecular formula is C19H21N5O3S. The van der Waals surface area contributed by atoms with Crippen LogP contribution in [0.1, 0.15) is 26.0 Å². The van der Waals surface area contributed by atoms with Gasteiger partial charge in [0.25, 0.3) is 5.91 Å². The fourth-order valence-electron chi connectivity index (χ4n) is 2.68. The molecule has 2 N–H and O–H groups in total. The van der Waals surface area contributed by atoms with Crippen LogP contribution in [0.4, 0.5) is 4.79 Å². The van der Waals surface area contributed by atoms with Crippen molar-refractivity contribution < 1.29 is 14.4 Å². The summed E-state index contributed by atoms with van der Waals surface area (Å²) in [6, 6.07) is 10.9. The van der Waals surface area contributed by atoms with Crippen molar-refractivity contribution in [3.05, 3.63) is 42.1 Å². The Kier molecular flexibility index (Phi) is 5.64. The molecule has 1 fully saturated rings. The van der Waals surface area contributed by atoms with Gasteiger partial charge >= 0.3 is 6.03 Å². The van der Waals surface area contributed by atoms with Crippen LogP contribution in [0.25, 0.3) is 11.3 Å². The zero-order valence-electron chi connectivity index (χ0n) is 15.9. The average molecular weight is 399 g/mol. The molecule has 1 aromatic heterocycles. The standard InChI is InChI=1S/C19H21N5O3S/c1-4-19(3)16(26)24(18(27)22-19)23-15(25)11-28-17-20-12(2)10-14(21-17)13-8-6-5-7-9-13/h5-10H,4,11H2,1-3H3,(H,22,27)(H,23,25). The first kappa shape index (κ1) is 19.8. The summed E-state index contributed by atoms with van der Waals surface area (Å²) in [5.74, 6) is -0.992. The zero-order chi connectivity index (χ0) is 20.3. The summed E-state index contributed by atoms with van der Waals surface area (Å²) in [5.41, 5.74) is 3.86. The monoisotopic (exact) mass is 399 g/mol.